The molecule has 0 unspecified atom stereocenters. The van der Waals surface area contributed by atoms with Gasteiger partial charge in [-0.1, -0.05) is 12.1 Å². The van der Waals surface area contributed by atoms with Gasteiger partial charge in [-0.05, 0) is 31.0 Å². The molecule has 7 heteroatoms. The van der Waals surface area contributed by atoms with Crippen LogP contribution in [0.5, 0.6) is 0 Å². The van der Waals surface area contributed by atoms with E-state index in [1.807, 2.05) is 6.92 Å². The summed E-state index contributed by atoms with van der Waals surface area (Å²) in [5.74, 6) is 0.0603. The van der Waals surface area contributed by atoms with Crippen molar-refractivity contribution < 1.29 is 17.9 Å². The number of hydrogen-bond donors (Lipinski definition) is 1. The van der Waals surface area contributed by atoms with E-state index >= 15 is 0 Å². The van der Waals surface area contributed by atoms with Gasteiger partial charge in [0, 0.05) is 26.6 Å². The van der Waals surface area contributed by atoms with Crippen LogP contribution in [-0.4, -0.2) is 46.0 Å². The van der Waals surface area contributed by atoms with E-state index in [2.05, 4.69) is 0 Å². The van der Waals surface area contributed by atoms with Crippen molar-refractivity contribution >= 4 is 15.9 Å². The third kappa shape index (κ3) is 5.82. The maximum atomic E-state index is 12.0. The Morgan fingerprint density at radius 2 is 1.90 bits per heavy atom. The molecule has 0 bridgehead atoms. The van der Waals surface area contributed by atoms with E-state index in [4.69, 9.17) is 9.88 Å². The SMILES string of the molecule is CCN(CCOC)C(=O)CCc1ccc(S(N)(=O)=O)cc1. The van der Waals surface area contributed by atoms with Gasteiger partial charge in [-0.2, -0.15) is 0 Å². The van der Waals surface area contributed by atoms with E-state index in [1.54, 1.807) is 24.1 Å². The molecule has 0 fully saturated rings. The van der Waals surface area contributed by atoms with Crippen LogP contribution in [0.15, 0.2) is 29.2 Å². The average molecular weight is 314 g/mol. The number of benzene rings is 1. The van der Waals surface area contributed by atoms with Crippen molar-refractivity contribution in [2.45, 2.75) is 24.7 Å². The lowest BCUT2D eigenvalue weighted by Crippen LogP contribution is -2.33. The second-order valence-electron chi connectivity index (χ2n) is 4.66. The molecule has 0 aliphatic heterocycles. The topological polar surface area (TPSA) is 89.7 Å². The summed E-state index contributed by atoms with van der Waals surface area (Å²) in [4.78, 5) is 13.8. The van der Waals surface area contributed by atoms with Crippen molar-refractivity contribution in [2.75, 3.05) is 26.8 Å². The van der Waals surface area contributed by atoms with Crippen molar-refractivity contribution in [1.29, 1.82) is 0 Å². The van der Waals surface area contributed by atoms with Gasteiger partial charge in [0.1, 0.15) is 0 Å². The fraction of sp³-hybridized carbons (Fsp3) is 0.500. The summed E-state index contributed by atoms with van der Waals surface area (Å²) >= 11 is 0. The van der Waals surface area contributed by atoms with Crippen LogP contribution >= 0.6 is 0 Å². The summed E-state index contributed by atoms with van der Waals surface area (Å²) in [5.41, 5.74) is 0.901. The van der Waals surface area contributed by atoms with Gasteiger partial charge in [0.15, 0.2) is 0 Å². The van der Waals surface area contributed by atoms with Gasteiger partial charge in [0.05, 0.1) is 11.5 Å². The first-order chi connectivity index (χ1) is 9.88. The van der Waals surface area contributed by atoms with Gasteiger partial charge in [-0.3, -0.25) is 4.79 Å². The van der Waals surface area contributed by atoms with Crippen LogP contribution in [0.25, 0.3) is 0 Å². The molecule has 0 aromatic heterocycles. The second-order valence-corrected chi connectivity index (χ2v) is 6.22. The van der Waals surface area contributed by atoms with E-state index < -0.39 is 10.0 Å². The first kappa shape index (κ1) is 17.6. The Balaban J connectivity index is 2.56. The Morgan fingerprint density at radius 3 is 2.38 bits per heavy atom. The number of carbonyl (C=O) groups is 1. The van der Waals surface area contributed by atoms with Crippen molar-refractivity contribution in [3.05, 3.63) is 29.8 Å². The van der Waals surface area contributed by atoms with E-state index in [0.29, 0.717) is 32.5 Å². The minimum absolute atomic E-state index is 0.0603. The van der Waals surface area contributed by atoms with Gasteiger partial charge in [0.2, 0.25) is 15.9 Å². The van der Waals surface area contributed by atoms with E-state index in [0.717, 1.165) is 5.56 Å². The van der Waals surface area contributed by atoms with Crippen LogP contribution in [0, 0.1) is 0 Å². The molecule has 1 aromatic carbocycles. The number of nitrogens with two attached hydrogens (primary N) is 1. The monoisotopic (exact) mass is 314 g/mol. The number of nitrogens with zero attached hydrogens (tertiary/aromatic N) is 1. The molecule has 0 atom stereocenters. The van der Waals surface area contributed by atoms with Gasteiger partial charge >= 0.3 is 0 Å². The predicted octanol–water partition coefficient (Wildman–Crippen LogP) is 0.762. The molecule has 0 saturated heterocycles. The van der Waals surface area contributed by atoms with Crippen molar-refractivity contribution in [3.63, 3.8) is 0 Å². The highest BCUT2D eigenvalue weighted by Crippen LogP contribution is 2.11. The van der Waals surface area contributed by atoms with Crippen LogP contribution in [0.1, 0.15) is 18.9 Å². The van der Waals surface area contributed by atoms with Crippen molar-refractivity contribution in [1.82, 2.24) is 4.90 Å². The van der Waals surface area contributed by atoms with Crippen LogP contribution in [0.2, 0.25) is 0 Å². The average Bonchev–Trinajstić information content (AvgIpc) is 2.45. The van der Waals surface area contributed by atoms with Gasteiger partial charge in [0.25, 0.3) is 0 Å². The number of likely N-dealkylation sites (N-methyl/N-ethyl adjacent to an activating group) is 1. The molecule has 118 valence electrons. The lowest BCUT2D eigenvalue weighted by atomic mass is 10.1. The number of ether oxygens (including phenoxy) is 1. The Labute approximate surface area is 125 Å². The number of hydrogen-bond acceptors (Lipinski definition) is 4. The molecule has 21 heavy (non-hydrogen) atoms. The Bertz CT molecular complexity index is 555. The third-order valence-electron chi connectivity index (χ3n) is 3.18. The first-order valence-electron chi connectivity index (χ1n) is 6.77. The Morgan fingerprint density at radius 1 is 1.29 bits per heavy atom. The molecule has 0 radical (unpaired) electrons. The van der Waals surface area contributed by atoms with E-state index in [-0.39, 0.29) is 10.8 Å². The lowest BCUT2D eigenvalue weighted by Gasteiger charge is -2.20. The zero-order chi connectivity index (χ0) is 15.9. The quantitative estimate of drug-likeness (QED) is 0.767. The van der Waals surface area contributed by atoms with Crippen LogP contribution in [0.3, 0.4) is 0 Å². The molecule has 1 rings (SSSR count). The lowest BCUT2D eigenvalue weighted by molar-refractivity contribution is -0.131. The molecule has 2 N–H and O–H groups in total. The van der Waals surface area contributed by atoms with Crippen LogP contribution in [0.4, 0.5) is 0 Å². The molecule has 0 spiro atoms. The zero-order valence-corrected chi connectivity index (χ0v) is 13.2. The number of primary sulfonamides is 1. The largest absolute Gasteiger partial charge is 0.383 e. The zero-order valence-electron chi connectivity index (χ0n) is 12.4. The smallest absolute Gasteiger partial charge is 0.238 e. The highest BCUT2D eigenvalue weighted by Gasteiger charge is 2.12. The van der Waals surface area contributed by atoms with E-state index in [9.17, 15) is 13.2 Å². The minimum Gasteiger partial charge on any atom is -0.383 e. The molecule has 0 aliphatic carbocycles. The van der Waals surface area contributed by atoms with Crippen molar-refractivity contribution in [3.8, 4) is 0 Å². The van der Waals surface area contributed by atoms with Crippen LogP contribution in [-0.2, 0) is 26.0 Å². The Hall–Kier alpha value is -1.44. The number of aryl methyl sites for hydroxylation is 1. The molecular formula is C14H22N2O4S. The highest BCUT2D eigenvalue weighted by molar-refractivity contribution is 7.89. The fourth-order valence-electron chi connectivity index (χ4n) is 1.92. The highest BCUT2D eigenvalue weighted by atomic mass is 32.2. The predicted molar refractivity (Wildman–Crippen MR) is 80.3 cm³/mol. The second kappa shape index (κ2) is 8.11. The summed E-state index contributed by atoms with van der Waals surface area (Å²) in [6.45, 7) is 3.67. The van der Waals surface area contributed by atoms with Gasteiger partial charge < -0.3 is 9.64 Å². The molecule has 6 nitrogen and oxygen atoms in total. The molecule has 0 saturated carbocycles. The first-order valence-corrected chi connectivity index (χ1v) is 8.31. The Kier molecular flexibility index (Phi) is 6.80. The fourth-order valence-corrected chi connectivity index (χ4v) is 2.43. The van der Waals surface area contributed by atoms with Gasteiger partial charge in [-0.25, -0.2) is 13.6 Å². The number of carbonyl (C=O) groups excluding carboxylic acids is 1. The minimum atomic E-state index is -3.67. The molecule has 1 aromatic rings. The number of amides is 1. The summed E-state index contributed by atoms with van der Waals surface area (Å²) in [5, 5.41) is 5.03. The molecule has 0 heterocycles. The number of sulfonamides is 1. The number of rotatable bonds is 8. The maximum Gasteiger partial charge on any atom is 0.238 e. The van der Waals surface area contributed by atoms with Crippen molar-refractivity contribution in [2.24, 2.45) is 5.14 Å². The summed E-state index contributed by atoms with van der Waals surface area (Å²) in [6, 6.07) is 6.27. The van der Waals surface area contributed by atoms with E-state index in [1.165, 1.54) is 12.1 Å². The summed E-state index contributed by atoms with van der Waals surface area (Å²) < 4.78 is 27.3. The molecule has 1 amide bonds. The van der Waals surface area contributed by atoms with Crippen LogP contribution < -0.4 is 5.14 Å². The third-order valence-corrected chi connectivity index (χ3v) is 4.11. The number of methoxy groups -OCH3 is 1. The molecule has 0 aliphatic rings. The standard InChI is InChI=1S/C14H22N2O4S/c1-3-16(10-11-20-2)14(17)9-6-12-4-7-13(8-5-12)21(15,18)19/h4-5,7-8H,3,6,9-11H2,1-2H3,(H2,15,18,19). The molecular weight excluding hydrogens is 292 g/mol. The summed E-state index contributed by atoms with van der Waals surface area (Å²) in [7, 11) is -2.07. The maximum absolute atomic E-state index is 12.0. The summed E-state index contributed by atoms with van der Waals surface area (Å²) in [6.07, 6.45) is 0.944. The van der Waals surface area contributed by atoms with Gasteiger partial charge in [-0.15, -0.1) is 0 Å². The normalized spacial score (nSPS) is 11.4.